The van der Waals surface area contributed by atoms with E-state index in [4.69, 9.17) is 0 Å². The first kappa shape index (κ1) is 24.4. The summed E-state index contributed by atoms with van der Waals surface area (Å²) in [7, 11) is 0. The lowest BCUT2D eigenvalue weighted by Gasteiger charge is -2.35. The lowest BCUT2D eigenvalue weighted by atomic mass is 10.0. The number of hydrogen-bond acceptors (Lipinski definition) is 6. The van der Waals surface area contributed by atoms with Crippen molar-refractivity contribution in [1.29, 1.82) is 0 Å². The van der Waals surface area contributed by atoms with E-state index in [-0.39, 0.29) is 23.7 Å². The maximum absolute atomic E-state index is 13.4. The highest BCUT2D eigenvalue weighted by Gasteiger charge is 2.22. The molecule has 1 N–H and O–H groups in total. The summed E-state index contributed by atoms with van der Waals surface area (Å²) in [6, 6.07) is 9.68. The van der Waals surface area contributed by atoms with Gasteiger partial charge >= 0.3 is 0 Å². The van der Waals surface area contributed by atoms with Gasteiger partial charge in [0, 0.05) is 50.9 Å². The Morgan fingerprint density at radius 2 is 1.81 bits per heavy atom. The maximum Gasteiger partial charge on any atom is 0.254 e. The summed E-state index contributed by atoms with van der Waals surface area (Å²) >= 11 is 0. The summed E-state index contributed by atoms with van der Waals surface area (Å²) in [5.74, 6) is 0.333. The van der Waals surface area contributed by atoms with Gasteiger partial charge in [0.05, 0.1) is 35.2 Å². The van der Waals surface area contributed by atoms with Crippen LogP contribution >= 0.6 is 0 Å². The van der Waals surface area contributed by atoms with Crippen LogP contribution in [0.5, 0.6) is 0 Å². The van der Waals surface area contributed by atoms with E-state index in [0.717, 1.165) is 11.4 Å². The number of nitrogens with zero attached hydrogens (tertiary/aromatic N) is 6. The minimum absolute atomic E-state index is 0.0860. The fourth-order valence-corrected chi connectivity index (χ4v) is 4.64. The Bertz CT molecular complexity index is 1430. The first-order valence-corrected chi connectivity index (χ1v) is 12.3. The quantitative estimate of drug-likeness (QED) is 0.435. The molecule has 1 aliphatic heterocycles. The lowest BCUT2D eigenvalue weighted by Crippen LogP contribution is -2.48. The van der Waals surface area contributed by atoms with Crippen molar-refractivity contribution in [3.05, 3.63) is 78.1 Å². The van der Waals surface area contributed by atoms with Gasteiger partial charge < -0.3 is 15.1 Å². The summed E-state index contributed by atoms with van der Waals surface area (Å²) in [4.78, 5) is 37.8. The third kappa shape index (κ3) is 5.00. The molecule has 3 aromatic heterocycles. The molecule has 1 aromatic carbocycles. The molecule has 5 rings (SSSR count). The largest absolute Gasteiger partial charge is 0.353 e. The van der Waals surface area contributed by atoms with Crippen LogP contribution in [0.25, 0.3) is 16.6 Å². The van der Waals surface area contributed by atoms with Gasteiger partial charge in [0.2, 0.25) is 5.91 Å². The Balaban J connectivity index is 1.35. The van der Waals surface area contributed by atoms with Gasteiger partial charge in [-0.1, -0.05) is 6.92 Å². The average Bonchev–Trinajstić information content (AvgIpc) is 3.36. The second kappa shape index (κ2) is 10.3. The number of nitrogens with one attached hydrogen (secondary N) is 1. The van der Waals surface area contributed by atoms with Crippen LogP contribution in [-0.4, -0.2) is 62.6 Å². The molecule has 0 radical (unpaired) electrons. The number of amides is 2. The van der Waals surface area contributed by atoms with Crippen LogP contribution in [0.2, 0.25) is 0 Å². The predicted octanol–water partition coefficient (Wildman–Crippen LogP) is 3.50. The highest BCUT2D eigenvalue weighted by atomic mass is 19.1. The van der Waals surface area contributed by atoms with Crippen molar-refractivity contribution in [2.75, 3.05) is 31.1 Å². The molecule has 1 saturated heterocycles. The molecule has 37 heavy (non-hydrogen) atoms. The van der Waals surface area contributed by atoms with Gasteiger partial charge in [-0.3, -0.25) is 14.6 Å². The fourth-order valence-electron chi connectivity index (χ4n) is 4.64. The average molecular weight is 502 g/mol. The smallest absolute Gasteiger partial charge is 0.254 e. The molecular formula is C27H28FN7O2. The number of fused-ring (bicyclic) bond motifs is 1. The molecule has 0 spiro atoms. The highest BCUT2D eigenvalue weighted by molar-refractivity contribution is 6.06. The van der Waals surface area contributed by atoms with Crippen molar-refractivity contribution in [2.45, 2.75) is 26.3 Å². The van der Waals surface area contributed by atoms with Crippen LogP contribution in [0.1, 0.15) is 42.2 Å². The van der Waals surface area contributed by atoms with E-state index >= 15 is 0 Å². The molecule has 1 atom stereocenters. The van der Waals surface area contributed by atoms with E-state index in [1.54, 1.807) is 42.3 Å². The maximum atomic E-state index is 13.4. The summed E-state index contributed by atoms with van der Waals surface area (Å²) in [6.07, 6.45) is 7.24. The van der Waals surface area contributed by atoms with Crippen LogP contribution in [0.3, 0.4) is 0 Å². The highest BCUT2D eigenvalue weighted by Crippen LogP contribution is 2.25. The van der Waals surface area contributed by atoms with Gasteiger partial charge in [-0.2, -0.15) is 5.10 Å². The van der Waals surface area contributed by atoms with E-state index in [1.807, 2.05) is 24.0 Å². The van der Waals surface area contributed by atoms with Gasteiger partial charge in [0.15, 0.2) is 0 Å². The number of carbonyl (C=O) groups is 2. The van der Waals surface area contributed by atoms with Crippen LogP contribution in [0, 0.1) is 5.82 Å². The Labute approximate surface area is 213 Å². The number of anilines is 1. The van der Waals surface area contributed by atoms with Crippen LogP contribution < -0.4 is 10.2 Å². The standard InChI is InChI=1S/C27H28FN7O2/c1-3-24(19-8-9-30-26(14-19)34-12-10-33(11-13-34)18(2)36)32-27(37)23-15-29-17-25-22(23)16-31-35(25)21-6-4-20(28)5-7-21/h4-9,14-17,24H,3,10-13H2,1-2H3,(H,32,37)/t24-/m0/s1. The lowest BCUT2D eigenvalue weighted by molar-refractivity contribution is -0.129. The number of piperazine rings is 1. The molecule has 1 aliphatic rings. The fraction of sp³-hybridized carbons (Fsp3) is 0.296. The third-order valence-corrected chi connectivity index (χ3v) is 6.75. The van der Waals surface area contributed by atoms with Gasteiger partial charge in [-0.15, -0.1) is 0 Å². The number of aromatic nitrogens is 4. The zero-order chi connectivity index (χ0) is 25.9. The Morgan fingerprint density at radius 1 is 1.05 bits per heavy atom. The second-order valence-electron chi connectivity index (χ2n) is 9.03. The number of rotatable bonds is 6. The SMILES string of the molecule is CC[C@H](NC(=O)c1cncc2c1cnn2-c1ccc(F)cc1)c1ccnc(N2CCN(C(C)=O)CC2)c1. The summed E-state index contributed by atoms with van der Waals surface area (Å²) < 4.78 is 15.0. The van der Waals surface area contributed by atoms with Crippen molar-refractivity contribution in [3.63, 3.8) is 0 Å². The van der Waals surface area contributed by atoms with Gasteiger partial charge in [0.25, 0.3) is 5.91 Å². The van der Waals surface area contributed by atoms with Gasteiger partial charge in [-0.05, 0) is 48.4 Å². The topological polar surface area (TPSA) is 96.2 Å². The molecule has 10 heteroatoms. The second-order valence-corrected chi connectivity index (χ2v) is 9.03. The van der Waals surface area contributed by atoms with Crippen LogP contribution in [0.15, 0.2) is 61.2 Å². The summed E-state index contributed by atoms with van der Waals surface area (Å²) in [5, 5.41) is 8.20. The van der Waals surface area contributed by atoms with Crippen molar-refractivity contribution in [3.8, 4) is 5.69 Å². The first-order valence-electron chi connectivity index (χ1n) is 12.3. The number of halogens is 1. The molecule has 4 aromatic rings. The normalized spacial score (nSPS) is 14.6. The van der Waals surface area contributed by atoms with Gasteiger partial charge in [-0.25, -0.2) is 14.1 Å². The minimum Gasteiger partial charge on any atom is -0.353 e. The molecule has 0 bridgehead atoms. The Hall–Kier alpha value is -4.34. The van der Waals surface area contributed by atoms with Crippen molar-refractivity contribution in [1.82, 2.24) is 30.0 Å². The first-order chi connectivity index (χ1) is 17.9. The van der Waals surface area contributed by atoms with E-state index in [1.165, 1.54) is 18.3 Å². The number of pyridine rings is 2. The van der Waals surface area contributed by atoms with E-state index in [0.29, 0.717) is 54.8 Å². The molecule has 190 valence electrons. The number of carbonyl (C=O) groups excluding carboxylic acids is 2. The van der Waals surface area contributed by atoms with Crippen molar-refractivity contribution in [2.24, 2.45) is 0 Å². The molecule has 1 fully saturated rings. The van der Waals surface area contributed by atoms with Crippen LogP contribution in [-0.2, 0) is 4.79 Å². The third-order valence-electron chi connectivity index (χ3n) is 6.75. The summed E-state index contributed by atoms with van der Waals surface area (Å²) in [6.45, 7) is 6.36. The van der Waals surface area contributed by atoms with E-state index in [9.17, 15) is 14.0 Å². The summed E-state index contributed by atoms with van der Waals surface area (Å²) in [5.41, 5.74) is 2.70. The molecule has 4 heterocycles. The minimum atomic E-state index is -0.332. The monoisotopic (exact) mass is 501 g/mol. The Morgan fingerprint density at radius 3 is 2.51 bits per heavy atom. The number of hydrogen-bond donors (Lipinski definition) is 1. The number of benzene rings is 1. The molecule has 2 amide bonds. The Kier molecular flexibility index (Phi) is 6.80. The molecule has 9 nitrogen and oxygen atoms in total. The zero-order valence-electron chi connectivity index (χ0n) is 20.8. The van der Waals surface area contributed by atoms with E-state index in [2.05, 4.69) is 25.3 Å². The predicted molar refractivity (Wildman–Crippen MR) is 138 cm³/mol. The molecule has 0 aliphatic carbocycles. The van der Waals surface area contributed by atoms with E-state index < -0.39 is 0 Å². The molecule has 0 unspecified atom stereocenters. The van der Waals surface area contributed by atoms with Crippen LogP contribution in [0.4, 0.5) is 10.2 Å². The molecule has 0 saturated carbocycles. The van der Waals surface area contributed by atoms with Crippen molar-refractivity contribution >= 4 is 28.5 Å². The van der Waals surface area contributed by atoms with Gasteiger partial charge in [0.1, 0.15) is 11.6 Å². The van der Waals surface area contributed by atoms with Crippen molar-refractivity contribution < 1.29 is 14.0 Å². The molecular weight excluding hydrogens is 473 g/mol. The zero-order valence-corrected chi connectivity index (χ0v) is 20.8.